The summed E-state index contributed by atoms with van der Waals surface area (Å²) in [5, 5.41) is 11.8. The number of phenolic OH excluding ortho intramolecular Hbond substituents is 1. The minimum absolute atomic E-state index is 0.0116. The lowest BCUT2D eigenvalue weighted by molar-refractivity contribution is -0.138. The average molecular weight is 694 g/mol. The smallest absolute Gasteiger partial charge is 0.352 e. The van der Waals surface area contributed by atoms with Crippen molar-refractivity contribution in [2.45, 2.75) is 30.3 Å². The summed E-state index contributed by atoms with van der Waals surface area (Å²) in [7, 11) is 1.44. The molecule has 1 aliphatic carbocycles. The summed E-state index contributed by atoms with van der Waals surface area (Å²) in [6, 6.07) is 24.2. The van der Waals surface area contributed by atoms with Crippen molar-refractivity contribution in [2.75, 3.05) is 12.5 Å². The Hall–Kier alpha value is -5.88. The summed E-state index contributed by atoms with van der Waals surface area (Å²) in [5.41, 5.74) is 2.45. The maximum Gasteiger partial charge on any atom is 0.352 e. The number of anilines is 1. The number of ether oxygens (including phenoxy) is 1. The highest BCUT2D eigenvalue weighted by Gasteiger charge is 2.69. The highest BCUT2D eigenvalue weighted by atomic mass is 35.5. The second-order valence-corrected chi connectivity index (χ2v) is 12.9. The molecule has 11 nitrogen and oxygen atoms in total. The van der Waals surface area contributed by atoms with Crippen molar-refractivity contribution in [1.82, 2.24) is 18.9 Å². The number of hydrogen-bond acceptors (Lipinski definition) is 7. The third-order valence-corrected chi connectivity index (χ3v) is 10.3. The zero-order valence-corrected chi connectivity index (χ0v) is 27.3. The molecule has 2 amide bonds. The fourth-order valence-electron chi connectivity index (χ4n) is 8.00. The number of imide groups is 1. The lowest BCUT2D eigenvalue weighted by Crippen LogP contribution is -2.53. The Labute approximate surface area is 289 Å². The third kappa shape index (κ3) is 4.48. The number of amides is 2. The van der Waals surface area contributed by atoms with Gasteiger partial charge in [-0.1, -0.05) is 54.1 Å². The topological polar surface area (TPSA) is 128 Å². The fourth-order valence-corrected chi connectivity index (χ4v) is 8.12. The molecule has 0 unspecified atom stereocenters. The van der Waals surface area contributed by atoms with E-state index in [9.17, 15) is 23.9 Å². The average Bonchev–Trinajstić information content (AvgIpc) is 3.50. The number of carbonyl (C=O) groups excluding carboxylic acids is 2. The van der Waals surface area contributed by atoms with Crippen molar-refractivity contribution in [3.05, 3.63) is 152 Å². The van der Waals surface area contributed by atoms with Gasteiger partial charge in [-0.05, 0) is 72.2 Å². The molecular weight excluding hydrogens is 665 g/mol. The zero-order valence-electron chi connectivity index (χ0n) is 26.5. The molecule has 1 saturated heterocycles. The summed E-state index contributed by atoms with van der Waals surface area (Å²) >= 11 is 6.34. The van der Waals surface area contributed by atoms with E-state index in [-0.39, 0.29) is 24.5 Å². The first-order valence-electron chi connectivity index (χ1n) is 15.9. The second-order valence-electron chi connectivity index (χ2n) is 12.5. The number of nitrogens with zero attached hydrogens (tertiary/aromatic N) is 4. The van der Waals surface area contributed by atoms with Crippen molar-refractivity contribution in [3.63, 3.8) is 0 Å². The fraction of sp³-hybridized carbons (Fsp3) is 0.189. The number of aromatic nitrogens is 3. The molecule has 8 rings (SSSR count). The van der Waals surface area contributed by atoms with Crippen molar-refractivity contribution in [1.29, 1.82) is 0 Å². The Bertz CT molecular complexity index is 2330. The molecule has 3 heterocycles. The van der Waals surface area contributed by atoms with Gasteiger partial charge in [0.25, 0.3) is 11.8 Å². The van der Waals surface area contributed by atoms with Gasteiger partial charge in [-0.15, -0.1) is 0 Å². The van der Waals surface area contributed by atoms with Gasteiger partial charge in [-0.3, -0.25) is 15.0 Å². The van der Waals surface area contributed by atoms with Crippen molar-refractivity contribution >= 4 is 29.1 Å². The number of carbonyl (C=O) groups is 2. The van der Waals surface area contributed by atoms with E-state index in [4.69, 9.17) is 16.3 Å². The van der Waals surface area contributed by atoms with E-state index in [0.29, 0.717) is 33.1 Å². The van der Waals surface area contributed by atoms with Crippen LogP contribution in [0.4, 0.5) is 10.1 Å². The standard InChI is InChI=1S/C37H29ClFN5O6/c1-50-31-19-26(45)15-16-28(31)32-27-17-18-41-35(48)42(25-5-3-2-4-6-25)36(49)44(41)30(27)20-29-33(46)43(40-24-13-11-23(39)12-14-24)34(47)37(29,32)21-7-9-22(38)10-8-21/h2-17,19,29-30,32,40,45H,18,20H2,1H3/t29-,30+,32+,37+/m0/s1. The normalized spacial score (nSPS) is 22.4. The number of para-hydroxylation sites is 1. The lowest BCUT2D eigenvalue weighted by Gasteiger charge is -2.49. The second kappa shape index (κ2) is 11.6. The molecule has 13 heteroatoms. The third-order valence-electron chi connectivity index (χ3n) is 10.1. The van der Waals surface area contributed by atoms with Crippen LogP contribution in [-0.4, -0.2) is 43.0 Å². The van der Waals surface area contributed by atoms with Gasteiger partial charge in [-0.25, -0.2) is 27.9 Å². The summed E-state index contributed by atoms with van der Waals surface area (Å²) in [6.07, 6.45) is 1.81. The van der Waals surface area contributed by atoms with Crippen molar-refractivity contribution in [2.24, 2.45) is 5.92 Å². The van der Waals surface area contributed by atoms with Crippen LogP contribution in [0.1, 0.15) is 29.5 Å². The van der Waals surface area contributed by atoms with Crippen LogP contribution in [0.25, 0.3) is 5.69 Å². The van der Waals surface area contributed by atoms with Gasteiger partial charge >= 0.3 is 11.4 Å². The lowest BCUT2D eigenvalue weighted by atomic mass is 9.53. The number of fused-ring (bicyclic) bond motifs is 4. The van der Waals surface area contributed by atoms with Crippen LogP contribution >= 0.6 is 11.6 Å². The highest BCUT2D eigenvalue weighted by molar-refractivity contribution is 6.30. The van der Waals surface area contributed by atoms with E-state index in [1.807, 2.05) is 6.08 Å². The number of halogens is 2. The van der Waals surface area contributed by atoms with Crippen LogP contribution in [0, 0.1) is 11.7 Å². The number of aromatic hydroxyl groups is 1. The van der Waals surface area contributed by atoms with Crippen LogP contribution in [0.2, 0.25) is 5.02 Å². The van der Waals surface area contributed by atoms with Gasteiger partial charge in [0.2, 0.25) is 0 Å². The van der Waals surface area contributed by atoms with E-state index in [0.717, 1.165) is 9.58 Å². The molecule has 2 aliphatic heterocycles. The molecule has 252 valence electrons. The molecule has 0 spiro atoms. The summed E-state index contributed by atoms with van der Waals surface area (Å²) in [6.45, 7) is 0.0116. The van der Waals surface area contributed by atoms with Crippen LogP contribution in [0.3, 0.4) is 0 Å². The first-order valence-corrected chi connectivity index (χ1v) is 16.3. The zero-order chi connectivity index (χ0) is 34.9. The molecule has 0 radical (unpaired) electrons. The Balaban J connectivity index is 1.40. The maximum atomic E-state index is 15.2. The van der Waals surface area contributed by atoms with E-state index < -0.39 is 52.3 Å². The summed E-state index contributed by atoms with van der Waals surface area (Å²) in [4.78, 5) is 58.0. The van der Waals surface area contributed by atoms with Gasteiger partial charge in [-0.2, -0.15) is 5.01 Å². The molecular formula is C37H29ClFN5O6. The molecule has 1 aromatic heterocycles. The van der Waals surface area contributed by atoms with E-state index >= 15 is 4.79 Å². The van der Waals surface area contributed by atoms with Crippen molar-refractivity contribution < 1.29 is 23.8 Å². The largest absolute Gasteiger partial charge is 0.508 e. The Morgan fingerprint density at radius 1 is 0.920 bits per heavy atom. The quantitative estimate of drug-likeness (QED) is 0.191. The Morgan fingerprint density at radius 2 is 1.64 bits per heavy atom. The Kier molecular flexibility index (Phi) is 7.30. The first-order chi connectivity index (χ1) is 24.1. The minimum atomic E-state index is -1.62. The van der Waals surface area contributed by atoms with Crippen LogP contribution < -0.4 is 21.5 Å². The molecule has 50 heavy (non-hydrogen) atoms. The van der Waals surface area contributed by atoms with E-state index in [2.05, 4.69) is 5.43 Å². The monoisotopic (exact) mass is 693 g/mol. The van der Waals surface area contributed by atoms with Gasteiger partial charge in [0, 0.05) is 22.6 Å². The van der Waals surface area contributed by atoms with Crippen LogP contribution in [-0.2, 0) is 21.5 Å². The first kappa shape index (κ1) is 31.4. The number of benzene rings is 4. The number of nitrogens with one attached hydrogen (secondary N) is 1. The molecule has 1 saturated carbocycles. The van der Waals surface area contributed by atoms with Crippen LogP contribution in [0.15, 0.2) is 118 Å². The molecule has 4 atom stereocenters. The van der Waals surface area contributed by atoms with Gasteiger partial charge < -0.3 is 9.84 Å². The SMILES string of the molecule is COc1cc(O)ccc1[C@H]1C2=CCn3c(=O)n(-c4ccccc4)c(=O)n3[C@@H]2C[C@H]2C(=O)N(Nc3ccc(F)cc3)C(=O)[C@@]12c1ccc(Cl)cc1. The number of hydrogen-bond donors (Lipinski definition) is 2. The number of hydrazine groups is 1. The van der Waals surface area contributed by atoms with Gasteiger partial charge in [0.15, 0.2) is 0 Å². The molecule has 2 fully saturated rings. The highest BCUT2D eigenvalue weighted by Crippen LogP contribution is 2.63. The molecule has 0 bridgehead atoms. The van der Waals surface area contributed by atoms with Crippen molar-refractivity contribution in [3.8, 4) is 17.2 Å². The minimum Gasteiger partial charge on any atom is -0.508 e. The predicted molar refractivity (Wildman–Crippen MR) is 182 cm³/mol. The number of allylic oxidation sites excluding steroid dienone is 2. The van der Waals surface area contributed by atoms with E-state index in [1.165, 1.54) is 52.9 Å². The maximum absolute atomic E-state index is 15.2. The predicted octanol–water partition coefficient (Wildman–Crippen LogP) is 4.93. The van der Waals surface area contributed by atoms with Gasteiger partial charge in [0.05, 0.1) is 42.4 Å². The van der Waals surface area contributed by atoms with Crippen LogP contribution in [0.5, 0.6) is 11.5 Å². The summed E-state index contributed by atoms with van der Waals surface area (Å²) < 4.78 is 23.4. The molecule has 3 aliphatic rings. The van der Waals surface area contributed by atoms with E-state index in [1.54, 1.807) is 60.7 Å². The molecule has 4 aromatic carbocycles. The number of phenols is 1. The van der Waals surface area contributed by atoms with Gasteiger partial charge in [0.1, 0.15) is 17.3 Å². The molecule has 2 N–H and O–H groups in total. The molecule has 5 aromatic rings. The Morgan fingerprint density at radius 3 is 2.34 bits per heavy atom. The number of rotatable bonds is 6. The summed E-state index contributed by atoms with van der Waals surface area (Å²) in [5.74, 6) is -3.49. The number of methoxy groups -OCH3 is 1.